The summed E-state index contributed by atoms with van der Waals surface area (Å²) in [6.07, 6.45) is 3.92. The number of hydrogen-bond acceptors (Lipinski definition) is 6. The first-order valence-corrected chi connectivity index (χ1v) is 10.4. The van der Waals surface area contributed by atoms with Crippen molar-refractivity contribution >= 4 is 33.0 Å². The Balaban J connectivity index is 1.66. The van der Waals surface area contributed by atoms with E-state index in [0.717, 1.165) is 16.3 Å². The molecule has 9 heteroatoms. The monoisotopic (exact) mass is 409 g/mol. The average molecular weight is 410 g/mol. The average Bonchev–Trinajstić information content (AvgIpc) is 3.11. The smallest absolute Gasteiger partial charge is 0.244 e. The Morgan fingerprint density at radius 1 is 1.31 bits per heavy atom. The minimum Gasteiger partial charge on any atom is -0.495 e. The second kappa shape index (κ2) is 8.13. The summed E-state index contributed by atoms with van der Waals surface area (Å²) in [5.41, 5.74) is 1.75. The predicted octanol–water partition coefficient (Wildman–Crippen LogP) is 3.39. The number of hydrogen-bond donors (Lipinski definition) is 1. The van der Waals surface area contributed by atoms with E-state index >= 15 is 0 Å². The fraction of sp³-hybridized carbons (Fsp3) is 0.176. The van der Waals surface area contributed by atoms with Gasteiger partial charge in [-0.2, -0.15) is 0 Å². The molecule has 0 spiro atoms. The van der Waals surface area contributed by atoms with E-state index in [4.69, 9.17) is 16.3 Å². The van der Waals surface area contributed by atoms with Crippen molar-refractivity contribution in [2.75, 3.05) is 13.7 Å². The highest BCUT2D eigenvalue weighted by Crippen LogP contribution is 2.27. The molecule has 6 nitrogen and oxygen atoms in total. The van der Waals surface area contributed by atoms with E-state index in [2.05, 4.69) is 14.7 Å². The topological polar surface area (TPSA) is 81.2 Å². The number of rotatable bonds is 7. The Kier molecular flexibility index (Phi) is 5.87. The Morgan fingerprint density at radius 3 is 2.88 bits per heavy atom. The molecule has 0 fully saturated rings. The number of nitrogens with one attached hydrogen (secondary N) is 1. The fourth-order valence-electron chi connectivity index (χ4n) is 2.30. The van der Waals surface area contributed by atoms with Crippen LogP contribution in [0.2, 0.25) is 5.02 Å². The molecule has 3 aromatic rings. The summed E-state index contributed by atoms with van der Waals surface area (Å²) in [5, 5.41) is 3.09. The Labute approximate surface area is 160 Å². The summed E-state index contributed by atoms with van der Waals surface area (Å²) in [4.78, 5) is 8.61. The standard InChI is InChI=1S/C17H16ClN3O3S2/c1-24-15-5-4-13(18)9-16(15)26(22,23)20-8-6-14-11-25-17(21-14)12-3-2-7-19-10-12/h2-5,7,9-11,20H,6,8H2,1H3. The summed E-state index contributed by atoms with van der Waals surface area (Å²) in [6, 6.07) is 8.25. The van der Waals surface area contributed by atoms with E-state index in [9.17, 15) is 8.42 Å². The molecule has 1 N–H and O–H groups in total. The number of thiazole rings is 1. The highest BCUT2D eigenvalue weighted by atomic mass is 35.5. The van der Waals surface area contributed by atoms with Crippen LogP contribution in [0, 0.1) is 0 Å². The maximum Gasteiger partial charge on any atom is 0.244 e. The lowest BCUT2D eigenvalue weighted by Gasteiger charge is -2.10. The molecule has 0 aliphatic carbocycles. The maximum absolute atomic E-state index is 12.5. The van der Waals surface area contributed by atoms with Crippen LogP contribution in [-0.2, 0) is 16.4 Å². The lowest BCUT2D eigenvalue weighted by molar-refractivity contribution is 0.402. The zero-order chi connectivity index (χ0) is 18.6. The minimum atomic E-state index is -3.73. The summed E-state index contributed by atoms with van der Waals surface area (Å²) < 4.78 is 32.7. The van der Waals surface area contributed by atoms with Crippen molar-refractivity contribution in [3.05, 3.63) is 58.8 Å². The van der Waals surface area contributed by atoms with Crippen molar-refractivity contribution in [2.45, 2.75) is 11.3 Å². The normalized spacial score (nSPS) is 11.5. The SMILES string of the molecule is COc1ccc(Cl)cc1S(=O)(=O)NCCc1csc(-c2cccnc2)n1. The molecule has 3 rings (SSSR count). The van der Waals surface area contributed by atoms with Gasteiger partial charge in [0.1, 0.15) is 15.7 Å². The van der Waals surface area contributed by atoms with Gasteiger partial charge in [-0.1, -0.05) is 11.6 Å². The molecule has 136 valence electrons. The van der Waals surface area contributed by atoms with Crippen LogP contribution in [0.15, 0.2) is 53.0 Å². The first kappa shape index (κ1) is 18.8. The molecular formula is C17H16ClN3O3S2. The first-order valence-electron chi connectivity index (χ1n) is 7.67. The van der Waals surface area contributed by atoms with Gasteiger partial charge in [0.05, 0.1) is 12.8 Å². The number of benzene rings is 1. The molecule has 0 unspecified atom stereocenters. The molecule has 0 aliphatic rings. The molecule has 0 amide bonds. The zero-order valence-electron chi connectivity index (χ0n) is 13.8. The summed E-state index contributed by atoms with van der Waals surface area (Å²) in [5.74, 6) is 0.245. The van der Waals surface area contributed by atoms with E-state index in [-0.39, 0.29) is 17.2 Å². The second-order valence-corrected chi connectivity index (χ2v) is 8.36. The van der Waals surface area contributed by atoms with Crippen LogP contribution in [0.1, 0.15) is 5.69 Å². The van der Waals surface area contributed by atoms with Crippen molar-refractivity contribution in [2.24, 2.45) is 0 Å². The Hall–Kier alpha value is -2.00. The van der Waals surface area contributed by atoms with Crippen molar-refractivity contribution in [3.63, 3.8) is 0 Å². The van der Waals surface area contributed by atoms with Crippen LogP contribution < -0.4 is 9.46 Å². The van der Waals surface area contributed by atoms with Gasteiger partial charge in [-0.25, -0.2) is 18.1 Å². The van der Waals surface area contributed by atoms with Crippen LogP contribution >= 0.6 is 22.9 Å². The second-order valence-electron chi connectivity index (χ2n) is 5.33. The lowest BCUT2D eigenvalue weighted by atomic mass is 10.3. The van der Waals surface area contributed by atoms with E-state index in [1.54, 1.807) is 18.5 Å². The number of aromatic nitrogens is 2. The van der Waals surface area contributed by atoms with E-state index in [0.29, 0.717) is 11.4 Å². The Morgan fingerprint density at radius 2 is 2.15 bits per heavy atom. The number of halogens is 1. The van der Waals surface area contributed by atoms with Gasteiger partial charge in [-0.05, 0) is 30.3 Å². The third-order valence-corrected chi connectivity index (χ3v) is 6.21. The highest BCUT2D eigenvalue weighted by Gasteiger charge is 2.19. The van der Waals surface area contributed by atoms with Crippen molar-refractivity contribution in [3.8, 4) is 16.3 Å². The van der Waals surface area contributed by atoms with Crippen LogP contribution in [0.4, 0.5) is 0 Å². The third-order valence-electron chi connectivity index (χ3n) is 3.55. The maximum atomic E-state index is 12.5. The van der Waals surface area contributed by atoms with E-state index < -0.39 is 10.0 Å². The molecule has 0 saturated heterocycles. The quantitative estimate of drug-likeness (QED) is 0.646. The highest BCUT2D eigenvalue weighted by molar-refractivity contribution is 7.89. The van der Waals surface area contributed by atoms with Gasteiger partial charge in [0.15, 0.2) is 0 Å². The van der Waals surface area contributed by atoms with Crippen LogP contribution in [0.3, 0.4) is 0 Å². The molecular weight excluding hydrogens is 394 g/mol. The molecule has 2 aromatic heterocycles. The van der Waals surface area contributed by atoms with Gasteiger partial charge < -0.3 is 4.74 Å². The third kappa shape index (κ3) is 4.39. The van der Waals surface area contributed by atoms with Crippen molar-refractivity contribution < 1.29 is 13.2 Å². The first-order chi connectivity index (χ1) is 12.5. The zero-order valence-corrected chi connectivity index (χ0v) is 16.2. The number of nitrogens with zero attached hydrogens (tertiary/aromatic N) is 2. The molecule has 0 aliphatic heterocycles. The summed E-state index contributed by atoms with van der Waals surface area (Å²) >= 11 is 7.41. The number of methoxy groups -OCH3 is 1. The minimum absolute atomic E-state index is 0.0156. The Bertz CT molecular complexity index is 991. The molecule has 26 heavy (non-hydrogen) atoms. The van der Waals surface area contributed by atoms with Crippen molar-refractivity contribution in [1.82, 2.24) is 14.7 Å². The van der Waals surface area contributed by atoms with Crippen molar-refractivity contribution in [1.29, 1.82) is 0 Å². The molecule has 0 atom stereocenters. The van der Waals surface area contributed by atoms with Gasteiger partial charge >= 0.3 is 0 Å². The van der Waals surface area contributed by atoms with Crippen LogP contribution in [0.25, 0.3) is 10.6 Å². The fourth-order valence-corrected chi connectivity index (χ4v) is 4.60. The molecule has 0 bridgehead atoms. The molecule has 0 radical (unpaired) electrons. The van der Waals surface area contributed by atoms with Gasteiger partial charge in [-0.15, -0.1) is 11.3 Å². The molecule has 1 aromatic carbocycles. The van der Waals surface area contributed by atoms with Crippen LogP contribution in [0.5, 0.6) is 5.75 Å². The predicted molar refractivity (Wildman–Crippen MR) is 102 cm³/mol. The lowest BCUT2D eigenvalue weighted by Crippen LogP contribution is -2.26. The van der Waals surface area contributed by atoms with Crippen LogP contribution in [-0.4, -0.2) is 32.0 Å². The summed E-state index contributed by atoms with van der Waals surface area (Å²) in [7, 11) is -2.32. The molecule has 0 saturated carbocycles. The number of ether oxygens (including phenoxy) is 1. The van der Waals surface area contributed by atoms with Gasteiger partial charge in [0.2, 0.25) is 10.0 Å². The molecule has 2 heterocycles. The number of sulfonamides is 1. The van der Waals surface area contributed by atoms with Gasteiger partial charge in [0, 0.05) is 41.3 Å². The van der Waals surface area contributed by atoms with E-state index in [1.165, 1.54) is 30.6 Å². The van der Waals surface area contributed by atoms with Gasteiger partial charge in [-0.3, -0.25) is 4.98 Å². The number of pyridine rings is 1. The largest absolute Gasteiger partial charge is 0.495 e. The summed E-state index contributed by atoms with van der Waals surface area (Å²) in [6.45, 7) is 0.216. The van der Waals surface area contributed by atoms with E-state index in [1.807, 2.05) is 17.5 Å². The van der Waals surface area contributed by atoms with Gasteiger partial charge in [0.25, 0.3) is 0 Å².